The zero-order valence-corrected chi connectivity index (χ0v) is 11.2. The second-order valence-electron chi connectivity index (χ2n) is 4.02. The lowest BCUT2D eigenvalue weighted by atomic mass is 10.2. The third-order valence-corrected chi connectivity index (χ3v) is 4.64. The average Bonchev–Trinajstić information content (AvgIpc) is 2.27. The van der Waals surface area contributed by atoms with Crippen molar-refractivity contribution in [3.63, 3.8) is 0 Å². The van der Waals surface area contributed by atoms with E-state index in [1.807, 2.05) is 0 Å². The Hall–Kier alpha value is -1.11. The zero-order valence-electron chi connectivity index (χ0n) is 9.63. The summed E-state index contributed by atoms with van der Waals surface area (Å²) in [4.78, 5) is 10.7. The monoisotopic (exact) mass is 292 g/mol. The summed E-state index contributed by atoms with van der Waals surface area (Å²) in [5.74, 6) is -1.83. The van der Waals surface area contributed by atoms with Crippen LogP contribution in [0, 0.1) is 5.92 Å². The molecule has 100 valence electrons. The zero-order chi connectivity index (χ0) is 13.9. The summed E-state index contributed by atoms with van der Waals surface area (Å²) in [6.07, 6.45) is 0. The number of hydrogen-bond donors (Lipinski definition) is 2. The molecule has 0 radical (unpaired) electrons. The molecule has 0 saturated carbocycles. The minimum Gasteiger partial charge on any atom is -0.478 e. The van der Waals surface area contributed by atoms with Gasteiger partial charge in [-0.1, -0.05) is 18.5 Å². The van der Waals surface area contributed by atoms with Gasteiger partial charge in [0.1, 0.15) is 0 Å². The molecule has 0 amide bonds. The molecule has 18 heavy (non-hydrogen) atoms. The van der Waals surface area contributed by atoms with Gasteiger partial charge in [-0.2, -0.15) is 0 Å². The normalized spacial score (nSPS) is 13.3. The molecule has 0 saturated heterocycles. The van der Waals surface area contributed by atoms with Gasteiger partial charge in [-0.05, 0) is 24.1 Å². The van der Waals surface area contributed by atoms with Crippen molar-refractivity contribution in [3.8, 4) is 0 Å². The molecule has 1 rings (SSSR count). The minimum absolute atomic E-state index is 0.0437. The molecular formula is C11H13ClO5S. The van der Waals surface area contributed by atoms with Gasteiger partial charge < -0.3 is 10.2 Å². The fraction of sp³-hybridized carbons (Fsp3) is 0.364. The van der Waals surface area contributed by atoms with Crippen molar-refractivity contribution in [2.75, 3.05) is 12.4 Å². The highest BCUT2D eigenvalue weighted by atomic mass is 35.5. The van der Waals surface area contributed by atoms with Gasteiger partial charge >= 0.3 is 5.97 Å². The molecule has 1 atom stereocenters. The van der Waals surface area contributed by atoms with Crippen LogP contribution in [0.4, 0.5) is 0 Å². The molecule has 0 spiro atoms. The number of aliphatic hydroxyl groups excluding tert-OH is 1. The highest BCUT2D eigenvalue weighted by Crippen LogP contribution is 2.22. The fourth-order valence-electron chi connectivity index (χ4n) is 1.39. The number of halogens is 1. The number of aliphatic hydroxyl groups is 1. The van der Waals surface area contributed by atoms with Crippen LogP contribution in [0.15, 0.2) is 23.1 Å². The summed E-state index contributed by atoms with van der Waals surface area (Å²) in [6.45, 7) is 1.37. The summed E-state index contributed by atoms with van der Waals surface area (Å²) in [5, 5.41) is 17.5. The standard InChI is InChI=1S/C11H13ClO5S/c1-7(5-13)6-18(16,17)8-2-3-9(11(14)15)10(12)4-8/h2-4,7,13H,5-6H2,1H3,(H,14,15). The van der Waals surface area contributed by atoms with Crippen LogP contribution in [0.5, 0.6) is 0 Å². The molecule has 7 heteroatoms. The Labute approximate surface area is 110 Å². The van der Waals surface area contributed by atoms with E-state index in [9.17, 15) is 13.2 Å². The molecular weight excluding hydrogens is 280 g/mol. The molecule has 0 bridgehead atoms. The number of carbonyl (C=O) groups is 1. The van der Waals surface area contributed by atoms with E-state index >= 15 is 0 Å². The van der Waals surface area contributed by atoms with Crippen molar-refractivity contribution >= 4 is 27.4 Å². The molecule has 0 aliphatic rings. The highest BCUT2D eigenvalue weighted by Gasteiger charge is 2.20. The van der Waals surface area contributed by atoms with E-state index in [2.05, 4.69) is 0 Å². The van der Waals surface area contributed by atoms with Crippen LogP contribution in [0.25, 0.3) is 0 Å². The van der Waals surface area contributed by atoms with Crippen LogP contribution < -0.4 is 0 Å². The van der Waals surface area contributed by atoms with Gasteiger partial charge in [-0.25, -0.2) is 13.2 Å². The number of hydrogen-bond acceptors (Lipinski definition) is 4. The van der Waals surface area contributed by atoms with Crippen molar-refractivity contribution in [3.05, 3.63) is 28.8 Å². The average molecular weight is 293 g/mol. The van der Waals surface area contributed by atoms with Gasteiger partial charge in [0.05, 0.1) is 21.2 Å². The SMILES string of the molecule is CC(CO)CS(=O)(=O)c1ccc(C(=O)O)c(Cl)c1. The maximum Gasteiger partial charge on any atom is 0.337 e. The minimum atomic E-state index is -3.57. The van der Waals surface area contributed by atoms with Crippen molar-refractivity contribution < 1.29 is 23.4 Å². The summed E-state index contributed by atoms with van der Waals surface area (Å²) in [5.41, 5.74) is -0.147. The van der Waals surface area contributed by atoms with Gasteiger partial charge in [-0.3, -0.25) is 0 Å². The number of carboxylic acids is 1. The molecule has 0 fully saturated rings. The second-order valence-corrected chi connectivity index (χ2v) is 6.46. The number of aromatic carboxylic acids is 1. The molecule has 0 heterocycles. The predicted octanol–water partition coefficient (Wildman–Crippen LogP) is 1.44. The number of benzene rings is 1. The predicted molar refractivity (Wildman–Crippen MR) is 66.7 cm³/mol. The molecule has 1 unspecified atom stereocenters. The smallest absolute Gasteiger partial charge is 0.337 e. The second kappa shape index (κ2) is 5.69. The molecule has 0 aromatic heterocycles. The lowest BCUT2D eigenvalue weighted by molar-refractivity contribution is 0.0697. The van der Waals surface area contributed by atoms with Gasteiger partial charge in [0.25, 0.3) is 0 Å². The Morgan fingerprint density at radius 1 is 1.44 bits per heavy atom. The number of rotatable bonds is 5. The van der Waals surface area contributed by atoms with Crippen molar-refractivity contribution in [2.45, 2.75) is 11.8 Å². The van der Waals surface area contributed by atoms with Gasteiger partial charge in [0.2, 0.25) is 0 Å². The van der Waals surface area contributed by atoms with Crippen LogP contribution in [-0.4, -0.2) is 37.0 Å². The van der Waals surface area contributed by atoms with Gasteiger partial charge in [-0.15, -0.1) is 0 Å². The summed E-state index contributed by atoms with van der Waals surface area (Å²) >= 11 is 5.71. The van der Waals surface area contributed by atoms with Gasteiger partial charge in [0.15, 0.2) is 9.84 Å². The quantitative estimate of drug-likeness (QED) is 0.857. The van der Waals surface area contributed by atoms with Crippen molar-refractivity contribution in [1.82, 2.24) is 0 Å². The largest absolute Gasteiger partial charge is 0.478 e. The topological polar surface area (TPSA) is 91.7 Å². The summed E-state index contributed by atoms with van der Waals surface area (Å²) in [7, 11) is -3.57. The number of carboxylic acid groups (broad SMARTS) is 1. The molecule has 1 aromatic rings. The van der Waals surface area contributed by atoms with E-state index in [0.717, 1.165) is 12.1 Å². The Morgan fingerprint density at radius 3 is 2.50 bits per heavy atom. The maximum atomic E-state index is 11.9. The van der Waals surface area contributed by atoms with Crippen LogP contribution in [-0.2, 0) is 9.84 Å². The summed E-state index contributed by atoms with van der Waals surface area (Å²) < 4.78 is 23.8. The van der Waals surface area contributed by atoms with Crippen LogP contribution in [0.2, 0.25) is 5.02 Å². The van der Waals surface area contributed by atoms with Crippen molar-refractivity contribution in [1.29, 1.82) is 0 Å². The first-order valence-electron chi connectivity index (χ1n) is 5.14. The third kappa shape index (κ3) is 3.44. The number of sulfone groups is 1. The first-order chi connectivity index (χ1) is 8.27. The summed E-state index contributed by atoms with van der Waals surface area (Å²) in [6, 6.07) is 3.47. The van der Waals surface area contributed by atoms with E-state index in [1.165, 1.54) is 6.07 Å². The maximum absolute atomic E-state index is 11.9. The molecule has 2 N–H and O–H groups in total. The fourth-order valence-corrected chi connectivity index (χ4v) is 3.33. The Balaban J connectivity index is 3.12. The van der Waals surface area contributed by atoms with Crippen LogP contribution in [0.1, 0.15) is 17.3 Å². The Morgan fingerprint density at radius 2 is 2.06 bits per heavy atom. The van der Waals surface area contributed by atoms with Gasteiger partial charge in [0, 0.05) is 6.61 Å². The van der Waals surface area contributed by atoms with E-state index in [0.29, 0.717) is 0 Å². The van der Waals surface area contributed by atoms with Crippen molar-refractivity contribution in [2.24, 2.45) is 5.92 Å². The third-order valence-electron chi connectivity index (χ3n) is 2.35. The van der Waals surface area contributed by atoms with Crippen LogP contribution >= 0.6 is 11.6 Å². The highest BCUT2D eigenvalue weighted by molar-refractivity contribution is 7.91. The molecule has 5 nitrogen and oxygen atoms in total. The Bertz CT molecular complexity index is 553. The first kappa shape index (κ1) is 14.9. The lowest BCUT2D eigenvalue weighted by Crippen LogP contribution is -2.17. The van der Waals surface area contributed by atoms with E-state index in [1.54, 1.807) is 6.92 Å². The lowest BCUT2D eigenvalue weighted by Gasteiger charge is -2.10. The van der Waals surface area contributed by atoms with Crippen LogP contribution in [0.3, 0.4) is 0 Å². The van der Waals surface area contributed by atoms with E-state index in [4.69, 9.17) is 21.8 Å². The van der Waals surface area contributed by atoms with E-state index in [-0.39, 0.29) is 27.8 Å². The molecule has 0 aliphatic heterocycles. The Kier molecular flexibility index (Phi) is 4.72. The molecule has 1 aromatic carbocycles. The molecule has 0 aliphatic carbocycles. The van der Waals surface area contributed by atoms with E-state index < -0.39 is 21.7 Å². The first-order valence-corrected chi connectivity index (χ1v) is 7.17.